The Morgan fingerprint density at radius 1 is 1.38 bits per heavy atom. The van der Waals surface area contributed by atoms with Crippen LogP contribution in [-0.4, -0.2) is 5.27 Å². The molecule has 0 saturated carbocycles. The summed E-state index contributed by atoms with van der Waals surface area (Å²) < 4.78 is 6.86. The number of aromatic nitrogens is 2. The van der Waals surface area contributed by atoms with Gasteiger partial charge in [0, 0.05) is 6.07 Å². The number of nitrogens with zero attached hydrogens (tertiary/aromatic N) is 2. The molecule has 0 spiro atoms. The van der Waals surface area contributed by atoms with Crippen LogP contribution in [0.3, 0.4) is 0 Å². The third-order valence-electron chi connectivity index (χ3n) is 1.55. The molecule has 0 fully saturated rings. The smallest absolute Gasteiger partial charge is 0.252 e. The van der Waals surface area contributed by atoms with Crippen LogP contribution >= 0.6 is 22.6 Å². The van der Waals surface area contributed by atoms with Crippen LogP contribution in [-0.2, 0) is 0 Å². The maximum atomic E-state index is 10.7. The molecule has 0 saturated heterocycles. The minimum absolute atomic E-state index is 0.445. The summed E-state index contributed by atoms with van der Waals surface area (Å²) in [5.74, 6) is -0.445. The lowest BCUT2D eigenvalue weighted by Gasteiger charge is -1.90. The zero-order valence-corrected chi connectivity index (χ0v) is 8.63. The van der Waals surface area contributed by atoms with Crippen molar-refractivity contribution in [3.05, 3.63) is 34.0 Å². The van der Waals surface area contributed by atoms with Gasteiger partial charge in [0.05, 0.1) is 8.84 Å². The predicted molar refractivity (Wildman–Crippen MR) is 50.2 cm³/mol. The summed E-state index contributed by atoms with van der Waals surface area (Å²) in [6, 6.07) is 7.60. The van der Waals surface area contributed by atoms with Crippen LogP contribution in [0.15, 0.2) is 35.0 Å². The summed E-state index contributed by atoms with van der Waals surface area (Å²) in [5.41, 5.74) is 0.842. The van der Waals surface area contributed by atoms with Crippen LogP contribution < -0.4 is 9.79 Å². The van der Waals surface area contributed by atoms with E-state index in [-0.39, 0.29) is 0 Å². The van der Waals surface area contributed by atoms with Gasteiger partial charge in [-0.1, -0.05) is 12.1 Å². The first-order chi connectivity index (χ1) is 6.27. The lowest BCUT2D eigenvalue weighted by atomic mass is 10.3. The quantitative estimate of drug-likeness (QED) is 0.571. The number of hydrogen-bond donors (Lipinski definition) is 0. The van der Waals surface area contributed by atoms with Crippen molar-refractivity contribution in [3.8, 4) is 11.6 Å². The first-order valence-electron chi connectivity index (χ1n) is 3.58. The Bertz CT molecular complexity index is 428. The summed E-state index contributed by atoms with van der Waals surface area (Å²) >= 11 is 2.17. The second-order valence-electron chi connectivity index (χ2n) is 2.42. The summed E-state index contributed by atoms with van der Waals surface area (Å²) in [5, 5.41) is 14.3. The Labute approximate surface area is 87.9 Å². The Kier molecular flexibility index (Phi) is 2.17. The lowest BCUT2D eigenvalue weighted by Crippen LogP contribution is -2.32. The van der Waals surface area contributed by atoms with E-state index < -0.39 is 5.95 Å². The number of halogens is 1. The number of para-hydroxylation sites is 1. The van der Waals surface area contributed by atoms with Gasteiger partial charge in [-0.3, -0.25) is 0 Å². The molecule has 2 aromatic rings. The van der Waals surface area contributed by atoms with Gasteiger partial charge in [-0.05, 0) is 33.3 Å². The fourth-order valence-electron chi connectivity index (χ4n) is 0.982. The molecule has 66 valence electrons. The molecule has 0 aliphatic carbocycles. The Hall–Kier alpha value is -1.11. The third kappa shape index (κ3) is 1.64. The van der Waals surface area contributed by atoms with Crippen LogP contribution in [0.1, 0.15) is 0 Å². The predicted octanol–water partition coefficient (Wildman–Crippen LogP) is 0.629. The van der Waals surface area contributed by atoms with Crippen molar-refractivity contribution in [2.75, 3.05) is 0 Å². The fourth-order valence-corrected chi connectivity index (χ4v) is 1.62. The lowest BCUT2D eigenvalue weighted by molar-refractivity contribution is -0.671. The van der Waals surface area contributed by atoms with Crippen molar-refractivity contribution < 1.29 is 14.3 Å². The van der Waals surface area contributed by atoms with Crippen molar-refractivity contribution in [2.45, 2.75) is 0 Å². The number of hydrogen-bond acceptors (Lipinski definition) is 3. The molecular formula is C8H5IN2O2. The molecule has 1 heterocycles. The first-order valence-corrected chi connectivity index (χ1v) is 4.66. The normalized spacial score (nSPS) is 10.2. The first kappa shape index (κ1) is 8.49. The molecular weight excluding hydrogens is 283 g/mol. The highest BCUT2D eigenvalue weighted by atomic mass is 127. The van der Waals surface area contributed by atoms with E-state index in [9.17, 15) is 5.11 Å². The Balaban J connectivity index is 2.52. The van der Waals surface area contributed by atoms with Crippen LogP contribution in [0.4, 0.5) is 0 Å². The number of benzene rings is 1. The van der Waals surface area contributed by atoms with Crippen molar-refractivity contribution >= 4 is 22.6 Å². The second kappa shape index (κ2) is 3.33. The SMILES string of the molecule is [O-]c1c[n+](-c2ccccc2I)no1. The maximum absolute atomic E-state index is 10.7. The van der Waals surface area contributed by atoms with Gasteiger partial charge in [0.1, 0.15) is 5.95 Å². The van der Waals surface area contributed by atoms with E-state index in [1.54, 1.807) is 0 Å². The van der Waals surface area contributed by atoms with Gasteiger partial charge in [-0.15, -0.1) is 0 Å². The highest BCUT2D eigenvalue weighted by Crippen LogP contribution is 2.11. The van der Waals surface area contributed by atoms with Gasteiger partial charge < -0.3 is 9.63 Å². The molecule has 13 heavy (non-hydrogen) atoms. The molecule has 0 aliphatic rings. The van der Waals surface area contributed by atoms with Gasteiger partial charge in [0.25, 0.3) is 5.69 Å². The van der Waals surface area contributed by atoms with E-state index in [4.69, 9.17) is 0 Å². The van der Waals surface area contributed by atoms with E-state index in [1.807, 2.05) is 24.3 Å². The summed E-state index contributed by atoms with van der Waals surface area (Å²) in [4.78, 5) is 0. The highest BCUT2D eigenvalue weighted by molar-refractivity contribution is 14.1. The number of rotatable bonds is 1. The highest BCUT2D eigenvalue weighted by Gasteiger charge is 2.11. The van der Waals surface area contributed by atoms with Crippen molar-refractivity contribution in [1.29, 1.82) is 0 Å². The van der Waals surface area contributed by atoms with E-state index in [2.05, 4.69) is 32.4 Å². The van der Waals surface area contributed by atoms with E-state index in [0.717, 1.165) is 9.26 Å². The van der Waals surface area contributed by atoms with Crippen LogP contribution in [0.2, 0.25) is 0 Å². The summed E-state index contributed by atoms with van der Waals surface area (Å²) in [6.07, 6.45) is 1.30. The molecule has 2 rings (SSSR count). The monoisotopic (exact) mass is 288 g/mol. The van der Waals surface area contributed by atoms with E-state index >= 15 is 0 Å². The minimum Gasteiger partial charge on any atom is -0.539 e. The Morgan fingerprint density at radius 3 is 2.77 bits per heavy atom. The van der Waals surface area contributed by atoms with Gasteiger partial charge in [-0.25, -0.2) is 0 Å². The van der Waals surface area contributed by atoms with Crippen LogP contribution in [0.25, 0.3) is 5.69 Å². The summed E-state index contributed by atoms with van der Waals surface area (Å²) in [7, 11) is 0. The van der Waals surface area contributed by atoms with E-state index in [1.165, 1.54) is 10.9 Å². The third-order valence-corrected chi connectivity index (χ3v) is 2.46. The largest absolute Gasteiger partial charge is 0.539 e. The molecule has 1 aromatic carbocycles. The molecule has 0 N–H and O–H groups in total. The van der Waals surface area contributed by atoms with Crippen LogP contribution in [0.5, 0.6) is 5.95 Å². The molecule has 1 aromatic heterocycles. The Morgan fingerprint density at radius 2 is 2.15 bits per heavy atom. The zero-order chi connectivity index (χ0) is 9.26. The molecule has 5 heteroatoms. The van der Waals surface area contributed by atoms with Gasteiger partial charge in [0.15, 0.2) is 0 Å². The molecule has 0 aliphatic heterocycles. The minimum atomic E-state index is -0.445. The molecule has 0 bridgehead atoms. The second-order valence-corrected chi connectivity index (χ2v) is 3.58. The molecule has 0 atom stereocenters. The molecule has 0 unspecified atom stereocenters. The van der Waals surface area contributed by atoms with Crippen LogP contribution in [0, 0.1) is 3.57 Å². The van der Waals surface area contributed by atoms with Gasteiger partial charge >= 0.3 is 0 Å². The average Bonchev–Trinajstić information content (AvgIpc) is 2.53. The van der Waals surface area contributed by atoms with E-state index in [0.29, 0.717) is 0 Å². The van der Waals surface area contributed by atoms with Gasteiger partial charge in [-0.2, -0.15) is 0 Å². The van der Waals surface area contributed by atoms with Crippen molar-refractivity contribution in [3.63, 3.8) is 0 Å². The van der Waals surface area contributed by atoms with Gasteiger partial charge in [0.2, 0.25) is 6.20 Å². The molecule has 0 radical (unpaired) electrons. The van der Waals surface area contributed by atoms with Crippen molar-refractivity contribution in [1.82, 2.24) is 5.27 Å². The zero-order valence-electron chi connectivity index (χ0n) is 6.48. The average molecular weight is 288 g/mol. The molecule has 4 nitrogen and oxygen atoms in total. The fraction of sp³-hybridized carbons (Fsp3) is 0. The summed E-state index contributed by atoms with van der Waals surface area (Å²) in [6.45, 7) is 0. The standard InChI is InChI=1S/C8H5IN2O2/c9-6-3-1-2-4-7(6)11-5-8(12)13-10-11/h1-5H. The van der Waals surface area contributed by atoms with Crippen molar-refractivity contribution in [2.24, 2.45) is 0 Å². The topological polar surface area (TPSA) is 53.0 Å². The maximum Gasteiger partial charge on any atom is 0.252 e. The molecule has 0 amide bonds.